The lowest BCUT2D eigenvalue weighted by Crippen LogP contribution is -2.16. The zero-order valence-corrected chi connectivity index (χ0v) is 34.1. The van der Waals surface area contributed by atoms with Crippen molar-refractivity contribution in [2.24, 2.45) is 0 Å². The molecule has 2 nitrogen and oxygen atoms in total. The summed E-state index contributed by atoms with van der Waals surface area (Å²) in [5.74, 6) is 0. The third-order valence-electron chi connectivity index (χ3n) is 13.0. The lowest BCUT2D eigenvalue weighted by Gasteiger charge is -2.28. The molecule has 61 heavy (non-hydrogen) atoms. The Morgan fingerprint density at radius 3 is 1.69 bits per heavy atom. The fourth-order valence-corrected chi connectivity index (χ4v) is 10.0. The normalized spacial score (nSPS) is 12.9. The van der Waals surface area contributed by atoms with E-state index in [-0.39, 0.29) is 5.41 Å². The van der Waals surface area contributed by atoms with Crippen LogP contribution in [-0.4, -0.2) is 0 Å². The highest BCUT2D eigenvalue weighted by molar-refractivity contribution is 6.24. The molecule has 0 aliphatic heterocycles. The average molecular weight is 780 g/mol. The Hall–Kier alpha value is -7.68. The first-order valence-electron chi connectivity index (χ1n) is 21.2. The maximum Gasteiger partial charge on any atom is 0.143 e. The van der Waals surface area contributed by atoms with Crippen LogP contribution in [0.4, 0.5) is 17.1 Å². The Balaban J connectivity index is 1.04. The Kier molecular flexibility index (Phi) is 7.92. The molecular weight excluding hydrogens is 739 g/mol. The second-order valence-electron chi connectivity index (χ2n) is 16.9. The lowest BCUT2D eigenvalue weighted by atomic mass is 9.82. The van der Waals surface area contributed by atoms with Crippen molar-refractivity contribution in [3.63, 3.8) is 0 Å². The molecule has 0 saturated heterocycles. The number of benzene rings is 10. The number of fused-ring (bicyclic) bond motifs is 9. The van der Waals surface area contributed by atoms with Crippen LogP contribution in [0.1, 0.15) is 25.0 Å². The van der Waals surface area contributed by atoms with Gasteiger partial charge in [0.05, 0.1) is 0 Å². The Morgan fingerprint density at radius 1 is 0.344 bits per heavy atom. The van der Waals surface area contributed by atoms with Crippen LogP contribution in [0.25, 0.3) is 88.0 Å². The average Bonchev–Trinajstić information content (AvgIpc) is 3.82. The summed E-state index contributed by atoms with van der Waals surface area (Å²) in [4.78, 5) is 2.40. The van der Waals surface area contributed by atoms with Gasteiger partial charge in [-0.15, -0.1) is 0 Å². The van der Waals surface area contributed by atoms with E-state index in [0.29, 0.717) is 0 Å². The maximum atomic E-state index is 7.14. The summed E-state index contributed by atoms with van der Waals surface area (Å²) in [5.41, 5.74) is 17.3. The van der Waals surface area contributed by atoms with Crippen LogP contribution >= 0.6 is 0 Å². The van der Waals surface area contributed by atoms with Gasteiger partial charge in [0.15, 0.2) is 0 Å². The molecule has 0 N–H and O–H groups in total. The van der Waals surface area contributed by atoms with E-state index < -0.39 is 0 Å². The van der Waals surface area contributed by atoms with Gasteiger partial charge in [-0.05, 0) is 115 Å². The van der Waals surface area contributed by atoms with Crippen LogP contribution < -0.4 is 4.90 Å². The van der Waals surface area contributed by atoms with Crippen LogP contribution in [0.5, 0.6) is 0 Å². The molecule has 2 heteroatoms. The van der Waals surface area contributed by atoms with Crippen molar-refractivity contribution >= 4 is 60.5 Å². The molecule has 12 rings (SSSR count). The van der Waals surface area contributed by atoms with E-state index in [1.54, 1.807) is 0 Å². The second-order valence-corrected chi connectivity index (χ2v) is 16.9. The highest BCUT2D eigenvalue weighted by atomic mass is 16.3. The summed E-state index contributed by atoms with van der Waals surface area (Å²) in [6, 6.07) is 77.2. The smallest absolute Gasteiger partial charge is 0.143 e. The summed E-state index contributed by atoms with van der Waals surface area (Å²) in [6.07, 6.45) is 0. The predicted octanol–water partition coefficient (Wildman–Crippen LogP) is 16.7. The van der Waals surface area contributed by atoms with E-state index >= 15 is 0 Å². The van der Waals surface area contributed by atoms with Crippen molar-refractivity contribution in [3.8, 4) is 44.5 Å². The van der Waals surface area contributed by atoms with E-state index in [4.69, 9.17) is 4.42 Å². The summed E-state index contributed by atoms with van der Waals surface area (Å²) in [6.45, 7) is 4.70. The van der Waals surface area contributed by atoms with E-state index in [1.807, 2.05) is 0 Å². The second kappa shape index (κ2) is 13.7. The van der Waals surface area contributed by atoms with E-state index in [1.165, 1.54) is 49.5 Å². The van der Waals surface area contributed by atoms with Crippen molar-refractivity contribution in [1.29, 1.82) is 0 Å². The molecule has 1 aliphatic carbocycles. The van der Waals surface area contributed by atoms with Gasteiger partial charge < -0.3 is 9.32 Å². The molecule has 288 valence electrons. The number of furan rings is 1. The van der Waals surface area contributed by atoms with Crippen molar-refractivity contribution in [2.75, 3.05) is 4.90 Å². The number of rotatable bonds is 6. The zero-order valence-electron chi connectivity index (χ0n) is 34.1. The van der Waals surface area contributed by atoms with Crippen molar-refractivity contribution < 1.29 is 4.42 Å². The van der Waals surface area contributed by atoms with Gasteiger partial charge in [-0.1, -0.05) is 178 Å². The Morgan fingerprint density at radius 2 is 0.902 bits per heavy atom. The van der Waals surface area contributed by atoms with Gasteiger partial charge in [0.1, 0.15) is 11.2 Å². The highest BCUT2D eigenvalue weighted by Crippen LogP contribution is 2.51. The minimum absolute atomic E-state index is 0.113. The topological polar surface area (TPSA) is 16.4 Å². The molecule has 1 heterocycles. The third-order valence-corrected chi connectivity index (χ3v) is 13.0. The first-order valence-corrected chi connectivity index (χ1v) is 21.2. The summed E-state index contributed by atoms with van der Waals surface area (Å²) in [7, 11) is 0. The van der Waals surface area contributed by atoms with Crippen molar-refractivity contribution in [3.05, 3.63) is 223 Å². The summed E-state index contributed by atoms with van der Waals surface area (Å²) >= 11 is 0. The molecule has 0 radical (unpaired) electrons. The van der Waals surface area contributed by atoms with Gasteiger partial charge in [-0.25, -0.2) is 0 Å². The molecule has 1 aliphatic rings. The number of hydrogen-bond donors (Lipinski definition) is 0. The van der Waals surface area contributed by atoms with Crippen LogP contribution in [0.2, 0.25) is 0 Å². The minimum atomic E-state index is -0.113. The summed E-state index contributed by atoms with van der Waals surface area (Å²) in [5, 5.41) is 6.98. The van der Waals surface area contributed by atoms with Crippen molar-refractivity contribution in [1.82, 2.24) is 0 Å². The first-order chi connectivity index (χ1) is 30.0. The van der Waals surface area contributed by atoms with E-state index in [0.717, 1.165) is 66.6 Å². The molecular formula is C59H41NO. The third kappa shape index (κ3) is 5.56. The molecule has 0 atom stereocenters. The fourth-order valence-electron chi connectivity index (χ4n) is 10.0. The number of anilines is 3. The molecule has 0 fully saturated rings. The molecule has 0 amide bonds. The van der Waals surface area contributed by atoms with Gasteiger partial charge in [0, 0.05) is 44.2 Å². The molecule has 11 aromatic rings. The van der Waals surface area contributed by atoms with Gasteiger partial charge in [0.25, 0.3) is 0 Å². The van der Waals surface area contributed by atoms with Crippen LogP contribution in [-0.2, 0) is 5.41 Å². The molecule has 10 aromatic carbocycles. The minimum Gasteiger partial charge on any atom is -0.455 e. The van der Waals surface area contributed by atoms with Crippen molar-refractivity contribution in [2.45, 2.75) is 19.3 Å². The van der Waals surface area contributed by atoms with Crippen LogP contribution in [0.15, 0.2) is 217 Å². The van der Waals surface area contributed by atoms with Gasteiger partial charge in [-0.3, -0.25) is 0 Å². The molecule has 0 spiro atoms. The van der Waals surface area contributed by atoms with Gasteiger partial charge in [-0.2, -0.15) is 0 Å². The largest absolute Gasteiger partial charge is 0.455 e. The number of nitrogens with zero attached hydrogens (tertiary/aromatic N) is 1. The highest BCUT2D eigenvalue weighted by Gasteiger charge is 2.35. The van der Waals surface area contributed by atoms with Gasteiger partial charge >= 0.3 is 0 Å². The number of hydrogen-bond acceptors (Lipinski definition) is 2. The fraction of sp³-hybridized carbons (Fsp3) is 0.0508. The zero-order chi connectivity index (χ0) is 40.7. The van der Waals surface area contributed by atoms with E-state index in [2.05, 4.69) is 231 Å². The Labute approximate surface area is 355 Å². The van der Waals surface area contributed by atoms with E-state index in [9.17, 15) is 0 Å². The molecule has 1 aromatic heterocycles. The standard InChI is InChI=1S/C59H41NO/c1-59(2)54-24-14-13-22-49(54)50-32-31-45(36-55(50)59)60(44-30-25-38-15-9-10-20-42(38)35-44)43-28-26-41(27-29-43)47-34-33-46(39-16-5-3-6-17-39)56-53-37-52(40-18-7-4-8-19-40)48-21-11-12-23-51(48)57(53)61-58(47)56/h3-37H,1-2H3. The Bertz CT molecular complexity index is 3490. The predicted molar refractivity (Wildman–Crippen MR) is 257 cm³/mol. The SMILES string of the molecule is CC1(C)c2ccccc2-c2ccc(N(c3ccc(-c4ccc(-c5ccccc5)c5c4oc4c6ccccc6c(-c6ccccc6)cc45)cc3)c3ccc4ccccc4c3)cc21. The first kappa shape index (κ1) is 35.3. The molecule has 0 saturated carbocycles. The van der Waals surface area contributed by atoms with Crippen LogP contribution in [0, 0.1) is 0 Å². The quantitative estimate of drug-likeness (QED) is 0.167. The summed E-state index contributed by atoms with van der Waals surface area (Å²) < 4.78 is 7.14. The monoisotopic (exact) mass is 779 g/mol. The molecule has 0 unspecified atom stereocenters. The van der Waals surface area contributed by atoms with Crippen LogP contribution in [0.3, 0.4) is 0 Å². The maximum absolute atomic E-state index is 7.14. The van der Waals surface area contributed by atoms with Gasteiger partial charge in [0.2, 0.25) is 0 Å². The lowest BCUT2D eigenvalue weighted by molar-refractivity contribution is 0.660. The molecule has 0 bridgehead atoms.